The van der Waals surface area contributed by atoms with Gasteiger partial charge in [0.15, 0.2) is 0 Å². The molecule has 1 aliphatic heterocycles. The van der Waals surface area contributed by atoms with Crippen LogP contribution in [0.4, 0.5) is 5.82 Å². The van der Waals surface area contributed by atoms with Crippen molar-refractivity contribution in [3.63, 3.8) is 0 Å². The third-order valence-electron chi connectivity index (χ3n) is 3.42. The minimum Gasteiger partial charge on any atom is -0.348 e. The summed E-state index contributed by atoms with van der Waals surface area (Å²) in [6, 6.07) is 1.32. The normalized spacial score (nSPS) is 25.4. The predicted octanol–water partition coefficient (Wildman–Crippen LogP) is 1.20. The Morgan fingerprint density at radius 1 is 1.19 bits per heavy atom. The third kappa shape index (κ3) is 2.02. The molecule has 1 aromatic heterocycles. The van der Waals surface area contributed by atoms with Crippen molar-refractivity contribution in [2.45, 2.75) is 37.8 Å². The summed E-state index contributed by atoms with van der Waals surface area (Å²) in [7, 11) is 0. The molecule has 2 heterocycles. The van der Waals surface area contributed by atoms with Gasteiger partial charge >= 0.3 is 0 Å². The lowest BCUT2D eigenvalue weighted by molar-refractivity contribution is 0.427. The van der Waals surface area contributed by atoms with Gasteiger partial charge in [0.2, 0.25) is 0 Å². The van der Waals surface area contributed by atoms with E-state index in [1.54, 1.807) is 12.4 Å². The van der Waals surface area contributed by atoms with Crippen LogP contribution in [0.2, 0.25) is 0 Å². The average molecular weight is 218 g/mol. The zero-order chi connectivity index (χ0) is 10.8. The van der Waals surface area contributed by atoms with Gasteiger partial charge in [-0.05, 0) is 32.2 Å². The largest absolute Gasteiger partial charge is 0.348 e. The van der Waals surface area contributed by atoms with Gasteiger partial charge in [-0.3, -0.25) is 4.98 Å². The van der Waals surface area contributed by atoms with Crippen LogP contribution in [0.1, 0.15) is 25.7 Å². The van der Waals surface area contributed by atoms with Gasteiger partial charge in [-0.2, -0.15) is 0 Å². The van der Waals surface area contributed by atoms with Crippen LogP contribution in [0.25, 0.3) is 0 Å². The van der Waals surface area contributed by atoms with Crippen molar-refractivity contribution < 1.29 is 0 Å². The zero-order valence-corrected chi connectivity index (χ0v) is 9.47. The molecule has 0 amide bonds. The first-order valence-electron chi connectivity index (χ1n) is 6.20. The molecule has 3 rings (SSSR count). The van der Waals surface area contributed by atoms with Crippen molar-refractivity contribution in [3.8, 4) is 0 Å². The molecule has 1 aliphatic carbocycles. The fourth-order valence-electron chi connectivity index (χ4n) is 2.52. The van der Waals surface area contributed by atoms with Crippen LogP contribution in [-0.2, 0) is 0 Å². The van der Waals surface area contributed by atoms with E-state index >= 15 is 0 Å². The minimum atomic E-state index is 0.609. The highest BCUT2D eigenvalue weighted by atomic mass is 15.3. The van der Waals surface area contributed by atoms with Crippen molar-refractivity contribution >= 4 is 5.82 Å². The molecule has 1 aromatic rings. The summed E-state index contributed by atoms with van der Waals surface area (Å²) in [6.45, 7) is 2.25. The number of rotatable bonds is 3. The number of nitrogens with one attached hydrogen (secondary N) is 1. The van der Waals surface area contributed by atoms with Gasteiger partial charge in [-0.1, -0.05) is 0 Å². The van der Waals surface area contributed by atoms with E-state index in [0.29, 0.717) is 12.1 Å². The van der Waals surface area contributed by atoms with Crippen LogP contribution in [0, 0.1) is 0 Å². The summed E-state index contributed by atoms with van der Waals surface area (Å²) in [5.41, 5.74) is 0. The topological polar surface area (TPSA) is 41.1 Å². The molecule has 2 fully saturated rings. The minimum absolute atomic E-state index is 0.609. The fourth-order valence-corrected chi connectivity index (χ4v) is 2.52. The number of aromatic nitrogens is 2. The summed E-state index contributed by atoms with van der Waals surface area (Å²) >= 11 is 0. The Labute approximate surface area is 96.1 Å². The molecule has 1 saturated carbocycles. The van der Waals surface area contributed by atoms with Crippen molar-refractivity contribution in [3.05, 3.63) is 18.6 Å². The van der Waals surface area contributed by atoms with E-state index in [0.717, 1.165) is 18.9 Å². The Morgan fingerprint density at radius 3 is 2.75 bits per heavy atom. The van der Waals surface area contributed by atoms with E-state index in [1.165, 1.54) is 25.7 Å². The van der Waals surface area contributed by atoms with Gasteiger partial charge < -0.3 is 10.2 Å². The highest BCUT2D eigenvalue weighted by molar-refractivity contribution is 5.40. The monoisotopic (exact) mass is 218 g/mol. The molecule has 0 bridgehead atoms. The zero-order valence-electron chi connectivity index (χ0n) is 9.47. The molecule has 4 nitrogen and oxygen atoms in total. The van der Waals surface area contributed by atoms with Crippen molar-refractivity contribution in [2.75, 3.05) is 18.0 Å². The van der Waals surface area contributed by atoms with Crippen LogP contribution in [0.5, 0.6) is 0 Å². The van der Waals surface area contributed by atoms with Crippen LogP contribution >= 0.6 is 0 Å². The van der Waals surface area contributed by atoms with Gasteiger partial charge in [0.25, 0.3) is 0 Å². The lowest BCUT2D eigenvalue weighted by Crippen LogP contribution is -2.47. The molecule has 0 spiro atoms. The van der Waals surface area contributed by atoms with E-state index in [9.17, 15) is 0 Å². The molecule has 16 heavy (non-hydrogen) atoms. The summed E-state index contributed by atoms with van der Waals surface area (Å²) in [5.74, 6) is 1.05. The van der Waals surface area contributed by atoms with Crippen molar-refractivity contribution in [1.82, 2.24) is 15.3 Å². The van der Waals surface area contributed by atoms with Gasteiger partial charge in [0, 0.05) is 31.0 Å². The maximum absolute atomic E-state index is 4.45. The Kier molecular flexibility index (Phi) is 2.74. The average Bonchev–Trinajstić information content (AvgIpc) is 3.17. The van der Waals surface area contributed by atoms with Gasteiger partial charge in [-0.15, -0.1) is 0 Å². The Morgan fingerprint density at radius 2 is 2.12 bits per heavy atom. The molecule has 86 valence electrons. The van der Waals surface area contributed by atoms with Gasteiger partial charge in [-0.25, -0.2) is 4.98 Å². The standard InChI is InChI=1S/C12H18N4/c1-2-11(8-13-5-1)16(10-3-4-10)12-9-14-6-7-15-12/h6-7,9-11,13H,1-5,8H2. The SMILES string of the molecule is c1cnc(N(C2CC2)C2CCCNC2)cn1. The first-order valence-corrected chi connectivity index (χ1v) is 6.20. The molecule has 0 aromatic carbocycles. The first kappa shape index (κ1) is 10.0. The molecule has 1 atom stereocenters. The predicted molar refractivity (Wildman–Crippen MR) is 63.4 cm³/mol. The van der Waals surface area contributed by atoms with Gasteiger partial charge in [0.1, 0.15) is 5.82 Å². The summed E-state index contributed by atoms with van der Waals surface area (Å²) in [4.78, 5) is 11.1. The lowest BCUT2D eigenvalue weighted by atomic mass is 10.1. The molecular weight excluding hydrogens is 200 g/mol. The second kappa shape index (κ2) is 4.37. The van der Waals surface area contributed by atoms with E-state index in [-0.39, 0.29) is 0 Å². The molecular formula is C12H18N4. The second-order valence-electron chi connectivity index (χ2n) is 4.70. The molecule has 4 heteroatoms. The highest BCUT2D eigenvalue weighted by Gasteiger charge is 2.35. The van der Waals surface area contributed by atoms with E-state index in [2.05, 4.69) is 20.2 Å². The second-order valence-corrected chi connectivity index (χ2v) is 4.70. The van der Waals surface area contributed by atoms with Crippen LogP contribution in [-0.4, -0.2) is 35.1 Å². The lowest BCUT2D eigenvalue weighted by Gasteiger charge is -2.35. The fraction of sp³-hybridized carbons (Fsp3) is 0.667. The number of piperidine rings is 1. The van der Waals surface area contributed by atoms with Crippen molar-refractivity contribution in [1.29, 1.82) is 0 Å². The van der Waals surface area contributed by atoms with E-state index in [1.807, 2.05) is 6.20 Å². The Bertz CT molecular complexity index is 330. The number of anilines is 1. The molecule has 1 N–H and O–H groups in total. The molecule has 1 saturated heterocycles. The van der Waals surface area contributed by atoms with Gasteiger partial charge in [0.05, 0.1) is 6.20 Å². The summed E-state index contributed by atoms with van der Waals surface area (Å²) in [6.07, 6.45) is 10.6. The maximum atomic E-state index is 4.45. The highest BCUT2D eigenvalue weighted by Crippen LogP contribution is 2.33. The number of hydrogen-bond donors (Lipinski definition) is 1. The summed E-state index contributed by atoms with van der Waals surface area (Å²) < 4.78 is 0. The molecule has 2 aliphatic rings. The molecule has 1 unspecified atom stereocenters. The van der Waals surface area contributed by atoms with E-state index < -0.39 is 0 Å². The maximum Gasteiger partial charge on any atom is 0.147 e. The third-order valence-corrected chi connectivity index (χ3v) is 3.42. The summed E-state index contributed by atoms with van der Waals surface area (Å²) in [5, 5.41) is 3.48. The first-order chi connectivity index (χ1) is 7.95. The van der Waals surface area contributed by atoms with E-state index in [4.69, 9.17) is 0 Å². The van der Waals surface area contributed by atoms with Crippen LogP contribution in [0.3, 0.4) is 0 Å². The van der Waals surface area contributed by atoms with Crippen molar-refractivity contribution in [2.24, 2.45) is 0 Å². The quantitative estimate of drug-likeness (QED) is 0.827. The van der Waals surface area contributed by atoms with Crippen LogP contribution in [0.15, 0.2) is 18.6 Å². The molecule has 0 radical (unpaired) electrons. The number of hydrogen-bond acceptors (Lipinski definition) is 4. The van der Waals surface area contributed by atoms with Crippen LogP contribution < -0.4 is 10.2 Å². The smallest absolute Gasteiger partial charge is 0.147 e. The number of nitrogens with zero attached hydrogens (tertiary/aromatic N) is 3. The Balaban J connectivity index is 1.80. The Hall–Kier alpha value is -1.16.